The number of benzene rings is 1. The van der Waals surface area contributed by atoms with Crippen molar-refractivity contribution in [3.05, 3.63) is 42.1 Å². The molecule has 5 heteroatoms. The third kappa shape index (κ3) is 2.66. The minimum atomic E-state index is -0.838. The van der Waals surface area contributed by atoms with Crippen molar-refractivity contribution in [1.82, 2.24) is 9.88 Å². The van der Waals surface area contributed by atoms with Gasteiger partial charge in [-0.1, -0.05) is 18.2 Å². The van der Waals surface area contributed by atoms with Crippen molar-refractivity contribution in [3.8, 4) is 0 Å². The van der Waals surface area contributed by atoms with Crippen LogP contribution in [0.5, 0.6) is 0 Å². The number of carbonyl (C=O) groups excluding carboxylic acids is 1. The van der Waals surface area contributed by atoms with E-state index in [4.69, 9.17) is 0 Å². The van der Waals surface area contributed by atoms with Crippen molar-refractivity contribution in [2.24, 2.45) is 5.41 Å². The van der Waals surface area contributed by atoms with Gasteiger partial charge in [-0.05, 0) is 31.0 Å². The topological polar surface area (TPSA) is 70.5 Å². The van der Waals surface area contributed by atoms with E-state index in [-0.39, 0.29) is 18.9 Å². The van der Waals surface area contributed by atoms with Crippen molar-refractivity contribution < 1.29 is 14.7 Å². The zero-order valence-corrected chi connectivity index (χ0v) is 12.5. The van der Waals surface area contributed by atoms with Crippen LogP contribution in [0.3, 0.4) is 0 Å². The molecule has 0 bridgehead atoms. The van der Waals surface area contributed by atoms with E-state index in [1.165, 1.54) is 0 Å². The fourth-order valence-electron chi connectivity index (χ4n) is 2.85. The van der Waals surface area contributed by atoms with Crippen molar-refractivity contribution in [3.63, 3.8) is 0 Å². The Hall–Kier alpha value is -2.43. The second kappa shape index (κ2) is 5.40. The molecule has 2 heterocycles. The van der Waals surface area contributed by atoms with Crippen LogP contribution in [-0.2, 0) is 16.0 Å². The molecule has 1 amide bonds. The van der Waals surface area contributed by atoms with E-state index in [2.05, 4.69) is 4.98 Å². The fourth-order valence-corrected chi connectivity index (χ4v) is 2.85. The van der Waals surface area contributed by atoms with Gasteiger partial charge in [0.15, 0.2) is 0 Å². The molecule has 2 aromatic rings. The maximum Gasteiger partial charge on any atom is 0.311 e. The number of aliphatic carboxylic acids is 1. The fraction of sp³-hybridized carbons (Fsp3) is 0.353. The largest absolute Gasteiger partial charge is 0.481 e. The molecule has 1 saturated heterocycles. The predicted molar refractivity (Wildman–Crippen MR) is 82.4 cm³/mol. The number of carboxylic acid groups (broad SMARTS) is 1. The molecule has 0 saturated carbocycles. The van der Waals surface area contributed by atoms with E-state index in [9.17, 15) is 14.7 Å². The predicted octanol–water partition coefficient (Wildman–Crippen LogP) is 2.10. The molecule has 22 heavy (non-hydrogen) atoms. The van der Waals surface area contributed by atoms with E-state index in [1.807, 2.05) is 30.3 Å². The summed E-state index contributed by atoms with van der Waals surface area (Å²) in [7, 11) is 0. The first-order chi connectivity index (χ1) is 10.5. The first-order valence-corrected chi connectivity index (χ1v) is 7.33. The van der Waals surface area contributed by atoms with Crippen molar-refractivity contribution in [2.75, 3.05) is 13.1 Å². The van der Waals surface area contributed by atoms with Gasteiger partial charge in [-0.25, -0.2) is 0 Å². The molecule has 1 aliphatic rings. The zero-order valence-electron chi connectivity index (χ0n) is 12.5. The van der Waals surface area contributed by atoms with Crippen LogP contribution in [0.1, 0.15) is 18.9 Å². The number of rotatable bonds is 3. The Morgan fingerprint density at radius 2 is 2.14 bits per heavy atom. The van der Waals surface area contributed by atoms with E-state index < -0.39 is 11.4 Å². The summed E-state index contributed by atoms with van der Waals surface area (Å²) in [4.78, 5) is 29.6. The Labute approximate surface area is 128 Å². The van der Waals surface area contributed by atoms with E-state index in [1.54, 1.807) is 18.0 Å². The van der Waals surface area contributed by atoms with Gasteiger partial charge in [0.1, 0.15) is 0 Å². The molecule has 1 aromatic heterocycles. The van der Waals surface area contributed by atoms with Crippen LogP contribution in [0.15, 0.2) is 36.5 Å². The SMILES string of the molecule is CC1(C(=O)O)CCN(C(=O)Cc2cnc3ccccc3c2)C1. The number of hydrogen-bond acceptors (Lipinski definition) is 3. The second-order valence-electron chi connectivity index (χ2n) is 6.14. The minimum absolute atomic E-state index is 0.0398. The normalized spacial score (nSPS) is 21.2. The summed E-state index contributed by atoms with van der Waals surface area (Å²) in [5.41, 5.74) is 0.933. The number of likely N-dealkylation sites (tertiary alicyclic amines) is 1. The lowest BCUT2D eigenvalue weighted by atomic mass is 9.90. The molecule has 1 atom stereocenters. The first-order valence-electron chi connectivity index (χ1n) is 7.33. The van der Waals surface area contributed by atoms with Crippen molar-refractivity contribution >= 4 is 22.8 Å². The monoisotopic (exact) mass is 298 g/mol. The highest BCUT2D eigenvalue weighted by Gasteiger charge is 2.41. The van der Waals surface area contributed by atoms with Crippen LogP contribution in [0.2, 0.25) is 0 Å². The molecule has 1 fully saturated rings. The molecule has 0 spiro atoms. The van der Waals surface area contributed by atoms with E-state index >= 15 is 0 Å². The van der Waals surface area contributed by atoms with E-state index in [0.717, 1.165) is 16.5 Å². The lowest BCUT2D eigenvalue weighted by Gasteiger charge is -2.20. The molecular formula is C17H18N2O3. The van der Waals surface area contributed by atoms with Gasteiger partial charge >= 0.3 is 5.97 Å². The highest BCUT2D eigenvalue weighted by Crippen LogP contribution is 2.30. The van der Waals surface area contributed by atoms with Gasteiger partial charge in [0, 0.05) is 24.7 Å². The van der Waals surface area contributed by atoms with Gasteiger partial charge < -0.3 is 10.0 Å². The summed E-state index contributed by atoms with van der Waals surface area (Å²) >= 11 is 0. The number of hydrogen-bond donors (Lipinski definition) is 1. The van der Waals surface area contributed by atoms with Crippen LogP contribution < -0.4 is 0 Å². The lowest BCUT2D eigenvalue weighted by Crippen LogP contribution is -2.35. The highest BCUT2D eigenvalue weighted by atomic mass is 16.4. The molecule has 1 aliphatic heterocycles. The Bertz CT molecular complexity index is 744. The number of aromatic nitrogens is 1. The number of pyridine rings is 1. The average Bonchev–Trinajstić information content (AvgIpc) is 2.91. The minimum Gasteiger partial charge on any atom is -0.481 e. The van der Waals surface area contributed by atoms with Crippen LogP contribution in [0.25, 0.3) is 10.9 Å². The number of nitrogens with zero attached hydrogens (tertiary/aromatic N) is 2. The van der Waals surface area contributed by atoms with Crippen LogP contribution in [-0.4, -0.2) is 40.0 Å². The van der Waals surface area contributed by atoms with Gasteiger partial charge in [-0.2, -0.15) is 0 Å². The van der Waals surface area contributed by atoms with Gasteiger partial charge in [0.05, 0.1) is 17.4 Å². The van der Waals surface area contributed by atoms with Gasteiger partial charge in [0.2, 0.25) is 5.91 Å². The number of carbonyl (C=O) groups is 2. The Morgan fingerprint density at radius 1 is 1.36 bits per heavy atom. The highest BCUT2D eigenvalue weighted by molar-refractivity contribution is 5.84. The average molecular weight is 298 g/mol. The van der Waals surface area contributed by atoms with Gasteiger partial charge in [-0.3, -0.25) is 14.6 Å². The maximum absolute atomic E-state index is 12.4. The van der Waals surface area contributed by atoms with Crippen LogP contribution in [0.4, 0.5) is 0 Å². The summed E-state index contributed by atoms with van der Waals surface area (Å²) in [5.74, 6) is -0.878. The molecule has 114 valence electrons. The van der Waals surface area contributed by atoms with Gasteiger partial charge in [0.25, 0.3) is 0 Å². The molecular weight excluding hydrogens is 280 g/mol. The summed E-state index contributed by atoms with van der Waals surface area (Å²) in [6.07, 6.45) is 2.48. The molecule has 1 N–H and O–H groups in total. The quantitative estimate of drug-likeness (QED) is 0.942. The first kappa shape index (κ1) is 14.5. The van der Waals surface area contributed by atoms with Crippen LogP contribution in [0, 0.1) is 5.41 Å². The van der Waals surface area contributed by atoms with Crippen molar-refractivity contribution in [1.29, 1.82) is 0 Å². The van der Waals surface area contributed by atoms with E-state index in [0.29, 0.717) is 13.0 Å². The number of para-hydroxylation sites is 1. The Morgan fingerprint density at radius 3 is 2.86 bits per heavy atom. The number of fused-ring (bicyclic) bond motifs is 1. The standard InChI is InChI=1S/C17H18N2O3/c1-17(16(21)22)6-7-19(11-17)15(20)9-12-8-13-4-2-3-5-14(13)18-10-12/h2-5,8,10H,6-7,9,11H2,1H3,(H,21,22). The Kier molecular flexibility index (Phi) is 3.56. The summed E-state index contributed by atoms with van der Waals surface area (Å²) < 4.78 is 0. The van der Waals surface area contributed by atoms with Gasteiger partial charge in [-0.15, -0.1) is 0 Å². The molecule has 3 rings (SSSR count). The number of carboxylic acids is 1. The molecule has 0 radical (unpaired) electrons. The number of amides is 1. The van der Waals surface area contributed by atoms with Crippen molar-refractivity contribution in [2.45, 2.75) is 19.8 Å². The second-order valence-corrected chi connectivity index (χ2v) is 6.14. The molecule has 1 unspecified atom stereocenters. The summed E-state index contributed by atoms with van der Waals surface area (Å²) in [6.45, 7) is 2.48. The molecule has 1 aromatic carbocycles. The van der Waals surface area contributed by atoms with Crippen LogP contribution >= 0.6 is 0 Å². The molecule has 5 nitrogen and oxygen atoms in total. The third-order valence-corrected chi connectivity index (χ3v) is 4.34. The summed E-state index contributed by atoms with van der Waals surface area (Å²) in [5, 5.41) is 10.2. The maximum atomic E-state index is 12.4. The Balaban J connectivity index is 1.72. The summed E-state index contributed by atoms with van der Waals surface area (Å²) in [6, 6.07) is 9.73. The zero-order chi connectivity index (χ0) is 15.7. The smallest absolute Gasteiger partial charge is 0.311 e. The molecule has 0 aliphatic carbocycles. The lowest BCUT2D eigenvalue weighted by molar-refractivity contribution is -0.147. The third-order valence-electron chi connectivity index (χ3n) is 4.34.